The Hall–Kier alpha value is -2.82. The molecule has 0 saturated carbocycles. The molecule has 0 aliphatic carbocycles. The quantitative estimate of drug-likeness (QED) is 0.337. The number of alkyl halides is 3. The Balaban J connectivity index is 2.84. The number of ether oxygens (including phenoxy) is 1. The summed E-state index contributed by atoms with van der Waals surface area (Å²) in [4.78, 5) is 29.0. The Morgan fingerprint density at radius 1 is 1.19 bits per heavy atom. The second-order valence-corrected chi connectivity index (χ2v) is 5.52. The van der Waals surface area contributed by atoms with Crippen molar-refractivity contribution < 1.29 is 27.1 Å². The zero-order valence-electron chi connectivity index (χ0n) is 14.1. The molecule has 0 bridgehead atoms. The van der Waals surface area contributed by atoms with Gasteiger partial charge in [0.1, 0.15) is 18.6 Å². The lowest BCUT2D eigenvalue weighted by Crippen LogP contribution is -2.41. The van der Waals surface area contributed by atoms with Crippen molar-refractivity contribution in [2.75, 3.05) is 14.2 Å². The molecular weight excluding hydrogens is 398 g/mol. The number of benzene rings is 1. The van der Waals surface area contributed by atoms with Crippen molar-refractivity contribution in [3.05, 3.63) is 61.1 Å². The van der Waals surface area contributed by atoms with E-state index in [2.05, 4.69) is 9.99 Å². The minimum absolute atomic E-state index is 0.0498. The summed E-state index contributed by atoms with van der Waals surface area (Å²) in [5.41, 5.74) is -4.92. The number of methoxy groups -OCH3 is 1. The summed E-state index contributed by atoms with van der Waals surface area (Å²) < 4.78 is 58.5. The minimum Gasteiger partial charge on any atom is -0.478 e. The third-order valence-electron chi connectivity index (χ3n) is 3.49. The van der Waals surface area contributed by atoms with E-state index in [0.717, 1.165) is 19.2 Å². The van der Waals surface area contributed by atoms with Gasteiger partial charge in [-0.3, -0.25) is 9.36 Å². The van der Waals surface area contributed by atoms with Gasteiger partial charge < -0.3 is 9.57 Å². The average molecular weight is 410 g/mol. The van der Waals surface area contributed by atoms with Crippen LogP contribution in [0.2, 0.25) is 5.02 Å². The van der Waals surface area contributed by atoms with Crippen molar-refractivity contribution in [2.45, 2.75) is 6.18 Å². The van der Waals surface area contributed by atoms with Gasteiger partial charge in [0.2, 0.25) is 0 Å². The summed E-state index contributed by atoms with van der Waals surface area (Å²) in [5.74, 6) is -1.32. The van der Waals surface area contributed by atoms with Crippen LogP contribution in [0, 0.1) is 5.82 Å². The van der Waals surface area contributed by atoms with Gasteiger partial charge in [-0.1, -0.05) is 11.6 Å². The van der Waals surface area contributed by atoms with Crippen molar-refractivity contribution in [3.8, 4) is 5.69 Å². The van der Waals surface area contributed by atoms with Crippen LogP contribution in [0.3, 0.4) is 0 Å². The van der Waals surface area contributed by atoms with Crippen molar-refractivity contribution >= 4 is 17.5 Å². The number of rotatable bonds is 3. The highest BCUT2D eigenvalue weighted by atomic mass is 35.5. The van der Waals surface area contributed by atoms with Crippen molar-refractivity contribution in [3.63, 3.8) is 0 Å². The molecule has 0 amide bonds. The van der Waals surface area contributed by atoms with E-state index in [1.165, 1.54) is 14.2 Å². The highest BCUT2D eigenvalue weighted by molar-refractivity contribution is 6.33. The molecule has 0 radical (unpaired) electrons. The molecule has 1 aromatic carbocycles. The third kappa shape index (κ3) is 3.82. The standard InChI is InChI=1S/C15H12ClF4N3O4/c1-22-11(15(18,19)20)6-12(24)23(14(22)25)10-4-7(8(16)5-9(10)17)13(26-2)21-27-3/h4-6H,1-3H3. The molecule has 0 aliphatic rings. The SMILES string of the molecule is CON=C(OC)c1cc(-n2c(=O)cc(C(F)(F)F)n(C)c2=O)c(F)cc1Cl. The van der Waals surface area contributed by atoms with Gasteiger partial charge in [0.15, 0.2) is 0 Å². The van der Waals surface area contributed by atoms with Gasteiger partial charge in [-0.25, -0.2) is 13.8 Å². The van der Waals surface area contributed by atoms with Gasteiger partial charge in [0.05, 0.1) is 23.4 Å². The number of hydrogen-bond acceptors (Lipinski definition) is 5. The molecule has 7 nitrogen and oxygen atoms in total. The number of hydrogen-bond donors (Lipinski definition) is 0. The highest BCUT2D eigenvalue weighted by Crippen LogP contribution is 2.27. The lowest BCUT2D eigenvalue weighted by Gasteiger charge is -2.15. The van der Waals surface area contributed by atoms with Gasteiger partial charge in [0, 0.05) is 13.1 Å². The van der Waals surface area contributed by atoms with Crippen molar-refractivity contribution in [1.29, 1.82) is 0 Å². The van der Waals surface area contributed by atoms with Crippen LogP contribution in [0.25, 0.3) is 5.69 Å². The average Bonchev–Trinajstić information content (AvgIpc) is 2.57. The summed E-state index contributed by atoms with van der Waals surface area (Å²) in [6.45, 7) is 0. The van der Waals surface area contributed by atoms with Crippen LogP contribution in [0.1, 0.15) is 11.3 Å². The first-order valence-corrected chi connectivity index (χ1v) is 7.46. The predicted molar refractivity (Wildman–Crippen MR) is 87.8 cm³/mol. The van der Waals surface area contributed by atoms with Crippen molar-refractivity contribution in [2.24, 2.45) is 12.2 Å². The molecule has 2 rings (SSSR count). The van der Waals surface area contributed by atoms with E-state index in [9.17, 15) is 27.2 Å². The van der Waals surface area contributed by atoms with Crippen molar-refractivity contribution in [1.82, 2.24) is 9.13 Å². The number of halogens is 5. The summed E-state index contributed by atoms with van der Waals surface area (Å²) in [5, 5.41) is 3.33. The summed E-state index contributed by atoms with van der Waals surface area (Å²) >= 11 is 5.92. The van der Waals surface area contributed by atoms with Crippen LogP contribution >= 0.6 is 11.6 Å². The van der Waals surface area contributed by atoms with Gasteiger partial charge in [-0.15, -0.1) is 0 Å². The normalized spacial score (nSPS) is 12.2. The lowest BCUT2D eigenvalue weighted by molar-refractivity contribution is -0.144. The maximum Gasteiger partial charge on any atom is 0.431 e. The lowest BCUT2D eigenvalue weighted by atomic mass is 10.2. The zero-order valence-corrected chi connectivity index (χ0v) is 14.9. The van der Waals surface area contributed by atoms with Crippen LogP contribution in [-0.2, 0) is 22.8 Å². The second kappa shape index (κ2) is 7.43. The van der Waals surface area contributed by atoms with E-state index in [1.54, 1.807) is 0 Å². The summed E-state index contributed by atoms with van der Waals surface area (Å²) in [7, 11) is 3.22. The number of oxime groups is 1. The van der Waals surface area contributed by atoms with E-state index in [4.69, 9.17) is 16.3 Å². The molecule has 0 fully saturated rings. The summed E-state index contributed by atoms with van der Waals surface area (Å²) in [6, 6.07) is 1.89. The van der Waals surface area contributed by atoms with E-state index in [-0.39, 0.29) is 31.7 Å². The Bertz CT molecular complexity index is 1030. The van der Waals surface area contributed by atoms with Gasteiger partial charge >= 0.3 is 11.9 Å². The molecule has 146 valence electrons. The number of nitrogens with zero attached hydrogens (tertiary/aromatic N) is 3. The molecule has 27 heavy (non-hydrogen) atoms. The molecule has 12 heteroatoms. The second-order valence-electron chi connectivity index (χ2n) is 5.11. The smallest absolute Gasteiger partial charge is 0.431 e. The molecule has 0 atom stereocenters. The maximum absolute atomic E-state index is 14.4. The van der Waals surface area contributed by atoms with Gasteiger partial charge in [-0.2, -0.15) is 13.2 Å². The molecule has 0 aliphatic heterocycles. The van der Waals surface area contributed by atoms with Crippen LogP contribution in [-0.4, -0.2) is 29.3 Å². The van der Waals surface area contributed by atoms with Crippen LogP contribution in [0.4, 0.5) is 17.6 Å². The topological polar surface area (TPSA) is 74.8 Å². The molecule has 0 spiro atoms. The predicted octanol–water partition coefficient (Wildman–Crippen LogP) is 2.30. The first-order chi connectivity index (χ1) is 12.5. The van der Waals surface area contributed by atoms with Gasteiger partial charge in [0.25, 0.3) is 11.5 Å². The Morgan fingerprint density at radius 2 is 1.81 bits per heavy atom. The molecule has 0 unspecified atom stereocenters. The molecule has 0 saturated heterocycles. The van der Waals surface area contributed by atoms with E-state index < -0.39 is 34.6 Å². The first-order valence-electron chi connectivity index (χ1n) is 7.08. The fraction of sp³-hybridized carbons (Fsp3) is 0.267. The van der Waals surface area contributed by atoms with E-state index in [0.29, 0.717) is 0 Å². The van der Waals surface area contributed by atoms with Gasteiger partial charge in [-0.05, 0) is 17.3 Å². The first kappa shape index (κ1) is 20.5. The minimum atomic E-state index is -4.94. The fourth-order valence-corrected chi connectivity index (χ4v) is 2.50. The molecule has 0 N–H and O–H groups in total. The van der Waals surface area contributed by atoms with Crippen LogP contribution in [0.15, 0.2) is 32.9 Å². The maximum atomic E-state index is 14.4. The highest BCUT2D eigenvalue weighted by Gasteiger charge is 2.35. The van der Waals surface area contributed by atoms with Crippen LogP contribution < -0.4 is 11.2 Å². The summed E-state index contributed by atoms with van der Waals surface area (Å²) in [6.07, 6.45) is -4.94. The molecular formula is C15H12ClF4N3O4. The molecule has 2 aromatic rings. The number of aromatic nitrogens is 2. The van der Waals surface area contributed by atoms with E-state index in [1.807, 2.05) is 0 Å². The molecule has 1 heterocycles. The third-order valence-corrected chi connectivity index (χ3v) is 3.80. The molecule has 1 aromatic heterocycles. The Kier molecular flexibility index (Phi) is 5.64. The fourth-order valence-electron chi connectivity index (χ4n) is 2.27. The monoisotopic (exact) mass is 409 g/mol. The largest absolute Gasteiger partial charge is 0.478 e. The van der Waals surface area contributed by atoms with Crippen LogP contribution in [0.5, 0.6) is 0 Å². The Labute approximate surface area is 154 Å². The zero-order chi connectivity index (χ0) is 20.5. The Morgan fingerprint density at radius 3 is 2.33 bits per heavy atom. The van der Waals surface area contributed by atoms with E-state index >= 15 is 0 Å².